The highest BCUT2D eigenvalue weighted by Crippen LogP contribution is 2.62. The van der Waals surface area contributed by atoms with Crippen LogP contribution in [-0.2, 0) is 27.5 Å². The molecule has 0 radical (unpaired) electrons. The Labute approximate surface area is 353 Å². The number of ether oxygens (including phenoxy) is 4. The highest BCUT2D eigenvalue weighted by molar-refractivity contribution is 6.03. The minimum Gasteiger partial charge on any atom is -0.487 e. The molecule has 1 aliphatic heterocycles. The molecule has 2 N–H and O–H groups in total. The molecular formula is C49H59N3O8. The molecule has 318 valence electrons. The molecule has 0 bridgehead atoms. The van der Waals surface area contributed by atoms with E-state index in [9.17, 15) is 15.0 Å². The largest absolute Gasteiger partial charge is 0.487 e. The number of hydrogen-bond donors (Lipinski definition) is 2. The van der Waals surface area contributed by atoms with Crippen LogP contribution in [0.2, 0.25) is 0 Å². The van der Waals surface area contributed by atoms with Crippen LogP contribution in [-0.4, -0.2) is 77.3 Å². The lowest BCUT2D eigenvalue weighted by molar-refractivity contribution is -0.256. The van der Waals surface area contributed by atoms with Gasteiger partial charge in [-0.25, -0.2) is 4.79 Å². The lowest BCUT2D eigenvalue weighted by atomic mass is 9.55. The summed E-state index contributed by atoms with van der Waals surface area (Å²) in [5.74, 6) is -0.553. The van der Waals surface area contributed by atoms with Gasteiger partial charge >= 0.3 is 6.09 Å². The molecule has 1 fully saturated rings. The Hall–Kier alpha value is -5.23. The Morgan fingerprint density at radius 2 is 1.80 bits per heavy atom. The number of pyridine rings is 1. The van der Waals surface area contributed by atoms with Crippen molar-refractivity contribution in [3.05, 3.63) is 126 Å². The average molecular weight is 818 g/mol. The summed E-state index contributed by atoms with van der Waals surface area (Å²) in [4.78, 5) is 26.7. The highest BCUT2D eigenvalue weighted by Gasteiger charge is 2.65. The van der Waals surface area contributed by atoms with Crippen molar-refractivity contribution in [2.24, 2.45) is 22.9 Å². The minimum absolute atomic E-state index is 0.0729. The van der Waals surface area contributed by atoms with E-state index < -0.39 is 23.8 Å². The Balaban J connectivity index is 1.43. The van der Waals surface area contributed by atoms with E-state index in [1.54, 1.807) is 11.0 Å². The number of aliphatic hydroxyl groups excluding tert-OH is 2. The predicted octanol–water partition coefficient (Wildman–Crippen LogP) is 9.04. The van der Waals surface area contributed by atoms with E-state index in [2.05, 4.69) is 41.9 Å². The second kappa shape index (κ2) is 19.9. The molecular weight excluding hydrogens is 759 g/mol. The maximum absolute atomic E-state index is 14.4. The van der Waals surface area contributed by atoms with Gasteiger partial charge in [-0.15, -0.1) is 6.58 Å². The van der Waals surface area contributed by atoms with Gasteiger partial charge in [0, 0.05) is 36.8 Å². The van der Waals surface area contributed by atoms with Crippen molar-refractivity contribution in [3.63, 3.8) is 0 Å². The molecule has 2 heterocycles. The van der Waals surface area contributed by atoms with Crippen LogP contribution in [0.4, 0.5) is 4.79 Å². The second-order valence-corrected chi connectivity index (χ2v) is 16.0. The van der Waals surface area contributed by atoms with Crippen LogP contribution in [0.15, 0.2) is 108 Å². The van der Waals surface area contributed by atoms with Gasteiger partial charge in [0.2, 0.25) is 5.79 Å². The first kappa shape index (κ1) is 42.9. The molecule has 0 saturated heterocycles. The van der Waals surface area contributed by atoms with Crippen molar-refractivity contribution in [2.75, 3.05) is 33.5 Å². The summed E-state index contributed by atoms with van der Waals surface area (Å²) < 4.78 is 26.5. The zero-order chi connectivity index (χ0) is 42.1. The number of fused-ring (bicyclic) bond motifs is 3. The van der Waals surface area contributed by atoms with E-state index >= 15 is 0 Å². The van der Waals surface area contributed by atoms with E-state index in [0.717, 1.165) is 70.3 Å². The Kier molecular flexibility index (Phi) is 14.2. The molecule has 3 aromatic carbocycles. The number of aliphatic hydroxyl groups is 2. The molecule has 11 heteroatoms. The fraction of sp³-hybridized carbons (Fsp3) is 0.449. The van der Waals surface area contributed by atoms with Crippen LogP contribution in [0.3, 0.4) is 0 Å². The summed E-state index contributed by atoms with van der Waals surface area (Å²) in [6.45, 7) is 9.17. The van der Waals surface area contributed by atoms with Gasteiger partial charge in [-0.3, -0.25) is 9.88 Å². The van der Waals surface area contributed by atoms with Crippen molar-refractivity contribution in [2.45, 2.75) is 89.7 Å². The number of hydrogen-bond acceptors (Lipinski definition) is 10. The molecule has 2 aliphatic carbocycles. The van der Waals surface area contributed by atoms with Crippen LogP contribution in [0.25, 0.3) is 10.8 Å². The maximum atomic E-state index is 14.4. The number of methoxy groups -OCH3 is 1. The fourth-order valence-corrected chi connectivity index (χ4v) is 9.75. The third-order valence-corrected chi connectivity index (χ3v) is 12.3. The van der Waals surface area contributed by atoms with Gasteiger partial charge in [-0.05, 0) is 104 Å². The minimum atomic E-state index is -1.42. The molecule has 0 spiro atoms. The van der Waals surface area contributed by atoms with E-state index in [0.29, 0.717) is 37.6 Å². The predicted molar refractivity (Wildman–Crippen MR) is 232 cm³/mol. The summed E-state index contributed by atoms with van der Waals surface area (Å²) in [6, 6.07) is 25.4. The van der Waals surface area contributed by atoms with Crippen LogP contribution < -0.4 is 9.47 Å². The normalized spacial score (nSPS) is 23.5. The molecule has 60 heavy (non-hydrogen) atoms. The van der Waals surface area contributed by atoms with Crippen molar-refractivity contribution in [1.29, 1.82) is 0 Å². The van der Waals surface area contributed by atoms with E-state index in [4.69, 9.17) is 28.9 Å². The number of aromatic nitrogens is 1. The van der Waals surface area contributed by atoms with Gasteiger partial charge < -0.3 is 34.0 Å². The maximum Gasteiger partial charge on any atom is 0.410 e. The highest BCUT2D eigenvalue weighted by atomic mass is 16.7. The zero-order valence-corrected chi connectivity index (χ0v) is 35.1. The summed E-state index contributed by atoms with van der Waals surface area (Å²) >= 11 is 0. The number of benzene rings is 3. The second-order valence-electron chi connectivity index (χ2n) is 16.0. The molecule has 1 saturated carbocycles. The van der Waals surface area contributed by atoms with Gasteiger partial charge in [0.1, 0.15) is 30.8 Å². The lowest BCUT2D eigenvalue weighted by Crippen LogP contribution is -2.70. The number of allylic oxidation sites excluding steroid dienone is 1. The van der Waals surface area contributed by atoms with Crippen LogP contribution in [0.5, 0.6) is 11.5 Å². The van der Waals surface area contributed by atoms with Gasteiger partial charge in [0.05, 0.1) is 37.6 Å². The molecule has 1 aromatic heterocycles. The lowest BCUT2D eigenvalue weighted by Gasteiger charge is -2.59. The van der Waals surface area contributed by atoms with Gasteiger partial charge in [0.25, 0.3) is 0 Å². The molecule has 4 aromatic rings. The van der Waals surface area contributed by atoms with Crippen LogP contribution in [0, 0.1) is 24.7 Å². The molecule has 3 aliphatic rings. The van der Waals surface area contributed by atoms with Crippen LogP contribution in [0.1, 0.15) is 80.3 Å². The average Bonchev–Trinajstić information content (AvgIpc) is 3.27. The number of oxime groups is 1. The molecule has 7 rings (SSSR count). The number of carbonyl (C=O) groups is 1. The molecule has 6 unspecified atom stereocenters. The zero-order valence-electron chi connectivity index (χ0n) is 35.1. The van der Waals surface area contributed by atoms with E-state index in [1.165, 1.54) is 7.11 Å². The van der Waals surface area contributed by atoms with E-state index in [-0.39, 0.29) is 50.5 Å². The first-order valence-electron chi connectivity index (χ1n) is 21.4. The summed E-state index contributed by atoms with van der Waals surface area (Å²) in [5.41, 5.74) is 5.38. The monoisotopic (exact) mass is 817 g/mol. The van der Waals surface area contributed by atoms with Crippen molar-refractivity contribution in [1.82, 2.24) is 9.88 Å². The Bertz CT molecular complexity index is 2170. The number of carbonyl (C=O) groups excluding carboxylic acids is 1. The first-order valence-corrected chi connectivity index (χ1v) is 21.4. The molecule has 1 amide bonds. The van der Waals surface area contributed by atoms with Crippen LogP contribution >= 0.6 is 0 Å². The number of amides is 1. The van der Waals surface area contributed by atoms with Gasteiger partial charge in [0.15, 0.2) is 0 Å². The first-order chi connectivity index (χ1) is 29.3. The quantitative estimate of drug-likeness (QED) is 0.0541. The molecule has 11 nitrogen and oxygen atoms in total. The topological polar surface area (TPSA) is 132 Å². The summed E-state index contributed by atoms with van der Waals surface area (Å²) in [6.07, 6.45) is 8.50. The number of rotatable bonds is 19. The third kappa shape index (κ3) is 8.94. The Morgan fingerprint density at radius 3 is 2.57 bits per heavy atom. The van der Waals surface area contributed by atoms with Gasteiger partial charge in [-0.1, -0.05) is 78.7 Å². The third-order valence-electron chi connectivity index (χ3n) is 12.3. The molecule has 6 atom stereocenters. The number of unbranched alkanes of at least 4 members (excludes halogenated alkanes) is 2. The summed E-state index contributed by atoms with van der Waals surface area (Å²) in [7, 11) is 1.40. The van der Waals surface area contributed by atoms with Crippen molar-refractivity contribution < 1.29 is 38.8 Å². The summed E-state index contributed by atoms with van der Waals surface area (Å²) in [5, 5.41) is 26.7. The van der Waals surface area contributed by atoms with E-state index in [1.807, 2.05) is 68.4 Å². The SMILES string of the molecule is C=CCOC12Oc3ccc(OCc4cccc(C)n4)cc3C3C(CCCCO)C(CCCCO)C=C(C(=NOCC)CC1N(Cc1cccc4ccccc14)C(=O)OC)C32. The number of nitrogens with zero attached hydrogens (tertiary/aromatic N) is 3. The number of aryl methyl sites for hydroxylation is 1. The standard InChI is InChI=1S/C49H59N3O8/c1-5-27-58-49-45(52(48(55)56-4)31-36-19-14-18-34-16-7-8-21-39(34)36)30-43(51-59-6-2)41-28-35(17-9-11-25-53)40(22-10-12-26-54)46(47(41)49)42-29-38(23-24-44(42)60-49)57-32-37-20-13-15-33(3)50-37/h5,7-8,13-16,18-21,23-24,28-29,35,40,45-47,53-54H,1,6,9-12,17,22,25-27,30-32H2,2-4H3. The Morgan fingerprint density at radius 1 is 1.02 bits per heavy atom. The van der Waals surface area contributed by atoms with Crippen molar-refractivity contribution in [3.8, 4) is 11.5 Å². The smallest absolute Gasteiger partial charge is 0.410 e. The van der Waals surface area contributed by atoms with Gasteiger partial charge in [-0.2, -0.15) is 0 Å². The fourth-order valence-electron chi connectivity index (χ4n) is 9.75. The van der Waals surface area contributed by atoms with Crippen molar-refractivity contribution >= 4 is 22.6 Å².